The van der Waals surface area contributed by atoms with Crippen LogP contribution in [-0.2, 0) is 14.8 Å². The van der Waals surface area contributed by atoms with Gasteiger partial charge in [-0.05, 0) is 43.5 Å². The first kappa shape index (κ1) is 23.9. The summed E-state index contributed by atoms with van der Waals surface area (Å²) in [6.07, 6.45) is 3.50. The van der Waals surface area contributed by atoms with Crippen LogP contribution in [0.5, 0.6) is 11.5 Å². The first-order valence-electron chi connectivity index (χ1n) is 11.4. The molecule has 2 aromatic carbocycles. The summed E-state index contributed by atoms with van der Waals surface area (Å²) in [6.45, 7) is 2.42. The van der Waals surface area contributed by atoms with Crippen LogP contribution in [0.1, 0.15) is 36.0 Å². The smallest absolute Gasteiger partial charge is 0.255 e. The molecule has 9 nitrogen and oxygen atoms in total. The Hall–Kier alpha value is -3.27. The molecule has 0 bridgehead atoms. The van der Waals surface area contributed by atoms with E-state index in [1.807, 2.05) is 0 Å². The van der Waals surface area contributed by atoms with Gasteiger partial charge in [0.1, 0.15) is 13.2 Å². The first-order chi connectivity index (χ1) is 16.3. The second-order valence-electron chi connectivity index (χ2n) is 8.36. The number of hydrogen-bond donors (Lipinski definition) is 1. The molecular formula is C24H29N3O6S. The summed E-state index contributed by atoms with van der Waals surface area (Å²) in [5.41, 5.74) is 1.39. The molecule has 2 aliphatic heterocycles. The van der Waals surface area contributed by atoms with Gasteiger partial charge in [-0.2, -0.15) is 0 Å². The minimum atomic E-state index is -3.57. The third-order valence-corrected chi connectivity index (χ3v) is 7.00. The number of likely N-dealkylation sites (tertiary alicyclic amines) is 1. The van der Waals surface area contributed by atoms with Gasteiger partial charge < -0.3 is 19.7 Å². The van der Waals surface area contributed by atoms with Crippen LogP contribution in [0, 0.1) is 0 Å². The Morgan fingerprint density at radius 2 is 1.74 bits per heavy atom. The van der Waals surface area contributed by atoms with Gasteiger partial charge >= 0.3 is 0 Å². The fraction of sp³-hybridized carbons (Fsp3) is 0.417. The Morgan fingerprint density at radius 3 is 2.47 bits per heavy atom. The van der Waals surface area contributed by atoms with Crippen molar-refractivity contribution in [3.8, 4) is 11.5 Å². The van der Waals surface area contributed by atoms with Crippen LogP contribution in [0.4, 0.5) is 11.4 Å². The van der Waals surface area contributed by atoms with E-state index in [1.54, 1.807) is 47.4 Å². The maximum atomic E-state index is 12.8. The summed E-state index contributed by atoms with van der Waals surface area (Å²) < 4.78 is 37.2. The van der Waals surface area contributed by atoms with Gasteiger partial charge in [0.05, 0.1) is 23.2 Å². The lowest BCUT2D eigenvalue weighted by Gasteiger charge is -2.25. The summed E-state index contributed by atoms with van der Waals surface area (Å²) >= 11 is 0. The molecule has 2 aliphatic rings. The zero-order valence-electron chi connectivity index (χ0n) is 19.2. The number of para-hydroxylation sites is 1. The minimum Gasteiger partial charge on any atom is -0.486 e. The maximum absolute atomic E-state index is 12.8. The van der Waals surface area contributed by atoms with Crippen molar-refractivity contribution in [3.05, 3.63) is 48.0 Å². The Kier molecular flexibility index (Phi) is 7.26. The molecule has 1 saturated heterocycles. The van der Waals surface area contributed by atoms with Gasteiger partial charge in [-0.3, -0.25) is 13.9 Å². The van der Waals surface area contributed by atoms with Crippen molar-refractivity contribution in [1.29, 1.82) is 0 Å². The molecule has 10 heteroatoms. The van der Waals surface area contributed by atoms with Crippen molar-refractivity contribution in [2.75, 3.05) is 48.7 Å². The summed E-state index contributed by atoms with van der Waals surface area (Å²) in [7, 11) is -3.57. The number of amides is 2. The number of fused-ring (bicyclic) bond motifs is 1. The Balaban J connectivity index is 1.38. The number of carbonyl (C=O) groups excluding carboxylic acids is 2. The van der Waals surface area contributed by atoms with E-state index in [0.717, 1.165) is 32.2 Å². The molecule has 0 atom stereocenters. The average molecular weight is 488 g/mol. The highest BCUT2D eigenvalue weighted by atomic mass is 32.2. The topological polar surface area (TPSA) is 105 Å². The van der Waals surface area contributed by atoms with Crippen LogP contribution in [-0.4, -0.2) is 64.2 Å². The van der Waals surface area contributed by atoms with Crippen molar-refractivity contribution in [3.63, 3.8) is 0 Å². The van der Waals surface area contributed by atoms with E-state index in [9.17, 15) is 18.0 Å². The van der Waals surface area contributed by atoms with Crippen molar-refractivity contribution < 1.29 is 27.5 Å². The number of sulfonamides is 1. The average Bonchev–Trinajstić information content (AvgIpc) is 3.36. The quantitative estimate of drug-likeness (QED) is 0.614. The molecule has 4 rings (SSSR count). The van der Waals surface area contributed by atoms with Gasteiger partial charge in [-0.1, -0.05) is 12.1 Å². The van der Waals surface area contributed by atoms with Gasteiger partial charge in [-0.15, -0.1) is 0 Å². The highest BCUT2D eigenvalue weighted by molar-refractivity contribution is 7.92. The van der Waals surface area contributed by atoms with Crippen LogP contribution in [0.15, 0.2) is 42.5 Å². The fourth-order valence-corrected chi connectivity index (χ4v) is 5.10. The molecule has 0 aromatic heterocycles. The molecule has 0 saturated carbocycles. The second kappa shape index (κ2) is 10.3. The molecule has 182 valence electrons. The highest BCUT2D eigenvalue weighted by Crippen LogP contribution is 2.34. The van der Waals surface area contributed by atoms with E-state index < -0.39 is 10.0 Å². The molecule has 0 aliphatic carbocycles. The maximum Gasteiger partial charge on any atom is 0.255 e. The SMILES string of the molecule is CS(=O)(=O)N(CCCC(=O)Nc1ccccc1C(=O)N1CCCC1)c1ccc2c(c1)OCCO2. The molecule has 0 spiro atoms. The first-order valence-corrected chi connectivity index (χ1v) is 13.2. The minimum absolute atomic E-state index is 0.0877. The van der Waals surface area contributed by atoms with E-state index in [-0.39, 0.29) is 24.8 Å². The fourth-order valence-electron chi connectivity index (χ4n) is 4.14. The molecule has 2 aromatic rings. The van der Waals surface area contributed by atoms with Crippen LogP contribution in [0.3, 0.4) is 0 Å². The molecule has 2 heterocycles. The van der Waals surface area contributed by atoms with Crippen LogP contribution in [0.25, 0.3) is 0 Å². The van der Waals surface area contributed by atoms with Crippen LogP contribution < -0.4 is 19.1 Å². The van der Waals surface area contributed by atoms with Gasteiger partial charge in [0, 0.05) is 32.1 Å². The molecule has 0 radical (unpaired) electrons. The molecule has 1 fully saturated rings. The zero-order valence-corrected chi connectivity index (χ0v) is 20.0. The number of anilines is 2. The van der Waals surface area contributed by atoms with Crippen molar-refractivity contribution in [2.24, 2.45) is 0 Å². The standard InChI is InChI=1S/C24H29N3O6S/c1-34(30,31)27(18-10-11-21-22(17-18)33-16-15-32-21)14-6-9-23(28)25-20-8-3-2-7-19(20)24(29)26-12-4-5-13-26/h2-3,7-8,10-11,17H,4-6,9,12-16H2,1H3,(H,25,28). The van der Waals surface area contributed by atoms with E-state index in [4.69, 9.17) is 9.47 Å². The number of rotatable bonds is 8. The highest BCUT2D eigenvalue weighted by Gasteiger charge is 2.23. The van der Waals surface area contributed by atoms with E-state index >= 15 is 0 Å². The van der Waals surface area contributed by atoms with E-state index in [0.29, 0.717) is 48.1 Å². The number of benzene rings is 2. The Labute approximate surface area is 199 Å². The van der Waals surface area contributed by atoms with Gasteiger partial charge in [0.2, 0.25) is 15.9 Å². The Morgan fingerprint density at radius 1 is 1.03 bits per heavy atom. The lowest BCUT2D eigenvalue weighted by molar-refractivity contribution is -0.116. The molecule has 1 N–H and O–H groups in total. The molecule has 2 amide bonds. The van der Waals surface area contributed by atoms with E-state index in [2.05, 4.69) is 5.32 Å². The normalized spacial score (nSPS) is 15.1. The summed E-state index contributed by atoms with van der Waals surface area (Å²) in [4.78, 5) is 27.2. The summed E-state index contributed by atoms with van der Waals surface area (Å²) in [5, 5.41) is 2.82. The number of nitrogens with one attached hydrogen (secondary N) is 1. The molecule has 0 unspecified atom stereocenters. The summed E-state index contributed by atoms with van der Waals surface area (Å²) in [5.74, 6) is 0.701. The van der Waals surface area contributed by atoms with Crippen molar-refractivity contribution in [2.45, 2.75) is 25.7 Å². The van der Waals surface area contributed by atoms with Crippen LogP contribution >= 0.6 is 0 Å². The Bertz CT molecular complexity index is 1160. The second-order valence-corrected chi connectivity index (χ2v) is 10.3. The predicted molar refractivity (Wildman–Crippen MR) is 129 cm³/mol. The lowest BCUT2D eigenvalue weighted by atomic mass is 10.1. The molecular weight excluding hydrogens is 458 g/mol. The van der Waals surface area contributed by atoms with Crippen LogP contribution in [0.2, 0.25) is 0 Å². The van der Waals surface area contributed by atoms with E-state index in [1.165, 1.54) is 4.31 Å². The third-order valence-electron chi connectivity index (χ3n) is 5.80. The van der Waals surface area contributed by atoms with Gasteiger partial charge in [0.25, 0.3) is 5.91 Å². The molecule has 34 heavy (non-hydrogen) atoms. The monoisotopic (exact) mass is 487 g/mol. The number of nitrogens with zero attached hydrogens (tertiary/aromatic N) is 2. The van der Waals surface area contributed by atoms with Crippen molar-refractivity contribution in [1.82, 2.24) is 4.90 Å². The predicted octanol–water partition coefficient (Wildman–Crippen LogP) is 2.88. The zero-order chi connectivity index (χ0) is 24.1. The summed E-state index contributed by atoms with van der Waals surface area (Å²) in [6, 6.07) is 11.9. The van der Waals surface area contributed by atoms with Gasteiger partial charge in [-0.25, -0.2) is 8.42 Å². The third kappa shape index (κ3) is 5.61. The number of carbonyl (C=O) groups is 2. The van der Waals surface area contributed by atoms with Crippen molar-refractivity contribution >= 4 is 33.2 Å². The lowest BCUT2D eigenvalue weighted by Crippen LogP contribution is -2.32. The number of hydrogen-bond acceptors (Lipinski definition) is 6. The van der Waals surface area contributed by atoms with Gasteiger partial charge in [0.15, 0.2) is 11.5 Å². The number of ether oxygens (including phenoxy) is 2. The largest absolute Gasteiger partial charge is 0.486 e.